The lowest BCUT2D eigenvalue weighted by Crippen LogP contribution is -2.35. The van der Waals surface area contributed by atoms with Gasteiger partial charge in [-0.2, -0.15) is 0 Å². The van der Waals surface area contributed by atoms with Crippen molar-refractivity contribution in [1.82, 2.24) is 9.47 Å². The van der Waals surface area contributed by atoms with Crippen molar-refractivity contribution < 1.29 is 9.84 Å². The average Bonchev–Trinajstić information content (AvgIpc) is 2.99. The zero-order chi connectivity index (χ0) is 19.2. The molecule has 146 valence electrons. The van der Waals surface area contributed by atoms with Crippen LogP contribution in [0, 0.1) is 18.3 Å². The Morgan fingerprint density at radius 3 is 2.78 bits per heavy atom. The highest BCUT2D eigenvalue weighted by Gasteiger charge is 2.19. The van der Waals surface area contributed by atoms with Crippen molar-refractivity contribution in [2.24, 2.45) is 5.92 Å². The lowest BCUT2D eigenvalue weighted by Gasteiger charge is -2.29. The number of piperidine rings is 1. The van der Waals surface area contributed by atoms with E-state index in [0.29, 0.717) is 18.9 Å². The molecule has 0 spiro atoms. The number of aryl methyl sites for hydroxylation is 1. The summed E-state index contributed by atoms with van der Waals surface area (Å²) in [6, 6.07) is 6.38. The van der Waals surface area contributed by atoms with Gasteiger partial charge in [0.15, 0.2) is 0 Å². The van der Waals surface area contributed by atoms with Crippen molar-refractivity contribution in [3.63, 3.8) is 0 Å². The number of benzene rings is 1. The minimum atomic E-state index is -0.134. The van der Waals surface area contributed by atoms with Crippen molar-refractivity contribution in [3.05, 3.63) is 30.0 Å². The van der Waals surface area contributed by atoms with E-state index >= 15 is 0 Å². The minimum absolute atomic E-state index is 0.134. The van der Waals surface area contributed by atoms with Crippen LogP contribution in [0.1, 0.15) is 45.1 Å². The Morgan fingerprint density at radius 2 is 2.07 bits per heavy atom. The monoisotopic (exact) mass is 368 g/mol. The van der Waals surface area contributed by atoms with E-state index < -0.39 is 0 Å². The van der Waals surface area contributed by atoms with Crippen molar-refractivity contribution in [3.8, 4) is 18.1 Å². The van der Waals surface area contributed by atoms with Crippen molar-refractivity contribution in [1.29, 1.82) is 0 Å². The van der Waals surface area contributed by atoms with Gasteiger partial charge in [-0.05, 0) is 48.9 Å². The normalized spacial score (nSPS) is 16.1. The second kappa shape index (κ2) is 9.30. The molecule has 4 heteroatoms. The van der Waals surface area contributed by atoms with Crippen LogP contribution in [0.2, 0.25) is 0 Å². The van der Waals surface area contributed by atoms with Gasteiger partial charge in [0.05, 0.1) is 12.7 Å². The van der Waals surface area contributed by atoms with Gasteiger partial charge in [-0.25, -0.2) is 0 Å². The molecule has 1 N–H and O–H groups in total. The van der Waals surface area contributed by atoms with E-state index in [4.69, 9.17) is 11.2 Å². The third-order valence-electron chi connectivity index (χ3n) is 5.35. The number of ether oxygens (including phenoxy) is 1. The minimum Gasteiger partial charge on any atom is -0.493 e. The molecule has 0 aliphatic carbocycles. The van der Waals surface area contributed by atoms with E-state index in [2.05, 4.69) is 47.6 Å². The van der Waals surface area contributed by atoms with Crippen LogP contribution in [0.25, 0.3) is 10.9 Å². The average molecular weight is 369 g/mol. The van der Waals surface area contributed by atoms with Crippen LogP contribution < -0.4 is 4.74 Å². The zero-order valence-corrected chi connectivity index (χ0v) is 16.7. The number of hydrogen-bond donors (Lipinski definition) is 1. The van der Waals surface area contributed by atoms with Crippen LogP contribution in [-0.4, -0.2) is 40.4 Å². The maximum Gasteiger partial charge on any atom is 0.120 e. The number of rotatable bonds is 8. The summed E-state index contributed by atoms with van der Waals surface area (Å²) in [6.07, 6.45) is 11.0. The molecule has 1 aromatic carbocycles. The number of nitrogens with zero attached hydrogens (tertiary/aromatic N) is 2. The molecule has 1 saturated heterocycles. The number of hydrogen-bond acceptors (Lipinski definition) is 3. The maximum atomic E-state index is 9.77. The predicted octanol–water partition coefficient (Wildman–Crippen LogP) is 4.05. The fourth-order valence-electron chi connectivity index (χ4n) is 3.69. The van der Waals surface area contributed by atoms with Gasteiger partial charge in [0.1, 0.15) is 5.75 Å². The summed E-state index contributed by atoms with van der Waals surface area (Å²) in [5.41, 5.74) is 2.61. The van der Waals surface area contributed by atoms with Gasteiger partial charge in [0.25, 0.3) is 0 Å². The first-order valence-corrected chi connectivity index (χ1v) is 10.1. The fraction of sp³-hybridized carbons (Fsp3) is 0.565. The Morgan fingerprint density at radius 1 is 1.30 bits per heavy atom. The fourth-order valence-corrected chi connectivity index (χ4v) is 3.69. The Bertz CT molecular complexity index is 780. The molecule has 1 aliphatic heterocycles. The molecule has 1 aromatic heterocycles. The molecular formula is C23H32N2O2. The highest BCUT2D eigenvalue weighted by atomic mass is 16.5. The van der Waals surface area contributed by atoms with Crippen LogP contribution in [0.4, 0.5) is 0 Å². The first kappa shape index (κ1) is 19.8. The van der Waals surface area contributed by atoms with Crippen LogP contribution in [0.15, 0.2) is 24.4 Å². The molecule has 2 heterocycles. The first-order valence-electron chi connectivity index (χ1n) is 10.1. The molecule has 2 aromatic rings. The largest absolute Gasteiger partial charge is 0.493 e. The van der Waals surface area contributed by atoms with Gasteiger partial charge in [0.2, 0.25) is 0 Å². The molecule has 0 unspecified atom stereocenters. The summed E-state index contributed by atoms with van der Waals surface area (Å²) in [5, 5.41) is 11.0. The van der Waals surface area contributed by atoms with E-state index in [9.17, 15) is 5.11 Å². The molecule has 27 heavy (non-hydrogen) atoms. The summed E-state index contributed by atoms with van der Waals surface area (Å²) in [5.74, 6) is 4.18. The van der Waals surface area contributed by atoms with Gasteiger partial charge < -0.3 is 14.4 Å². The number of terminal acetylenes is 1. The van der Waals surface area contributed by atoms with E-state index in [1.165, 1.54) is 22.9 Å². The van der Waals surface area contributed by atoms with E-state index in [1.807, 2.05) is 6.07 Å². The van der Waals surface area contributed by atoms with Crippen LogP contribution in [0.5, 0.6) is 5.75 Å². The number of aliphatic hydroxyl groups excluding tert-OH is 1. The first-order chi connectivity index (χ1) is 13.1. The third kappa shape index (κ3) is 5.28. The second-order valence-corrected chi connectivity index (χ2v) is 8.02. The molecule has 1 fully saturated rings. The SMILES string of the molecule is C#CCCOc1ccc2c(c1)c(CN1CCC(O)CC1)cn2CCC(C)C. The molecule has 0 saturated carbocycles. The maximum absolute atomic E-state index is 9.77. The molecule has 0 radical (unpaired) electrons. The number of likely N-dealkylation sites (tertiary alicyclic amines) is 1. The van der Waals surface area contributed by atoms with E-state index in [-0.39, 0.29) is 6.10 Å². The Labute approximate surface area is 163 Å². The Hall–Kier alpha value is -1.96. The van der Waals surface area contributed by atoms with Crippen molar-refractivity contribution in [2.75, 3.05) is 19.7 Å². The zero-order valence-electron chi connectivity index (χ0n) is 16.7. The van der Waals surface area contributed by atoms with Gasteiger partial charge in [-0.1, -0.05) is 13.8 Å². The molecule has 3 rings (SSSR count). The van der Waals surface area contributed by atoms with Gasteiger partial charge in [-0.3, -0.25) is 4.90 Å². The quantitative estimate of drug-likeness (QED) is 0.564. The predicted molar refractivity (Wildman–Crippen MR) is 111 cm³/mol. The molecular weight excluding hydrogens is 336 g/mol. The van der Waals surface area contributed by atoms with Gasteiger partial charge in [-0.15, -0.1) is 12.3 Å². The topological polar surface area (TPSA) is 37.6 Å². The highest BCUT2D eigenvalue weighted by molar-refractivity contribution is 5.85. The Balaban J connectivity index is 1.84. The molecule has 0 atom stereocenters. The van der Waals surface area contributed by atoms with Gasteiger partial charge >= 0.3 is 0 Å². The summed E-state index contributed by atoms with van der Waals surface area (Å²) in [6.45, 7) is 8.95. The lowest BCUT2D eigenvalue weighted by molar-refractivity contribution is 0.0794. The van der Waals surface area contributed by atoms with Crippen LogP contribution in [-0.2, 0) is 13.1 Å². The second-order valence-electron chi connectivity index (χ2n) is 8.02. The van der Waals surface area contributed by atoms with Crippen LogP contribution >= 0.6 is 0 Å². The lowest BCUT2D eigenvalue weighted by atomic mass is 10.1. The molecule has 0 amide bonds. The van der Waals surface area contributed by atoms with E-state index in [0.717, 1.165) is 44.8 Å². The summed E-state index contributed by atoms with van der Waals surface area (Å²) >= 11 is 0. The molecule has 4 nitrogen and oxygen atoms in total. The summed E-state index contributed by atoms with van der Waals surface area (Å²) in [4.78, 5) is 2.44. The number of aromatic nitrogens is 1. The van der Waals surface area contributed by atoms with Crippen molar-refractivity contribution in [2.45, 2.75) is 58.7 Å². The van der Waals surface area contributed by atoms with Crippen LogP contribution in [0.3, 0.4) is 0 Å². The van der Waals surface area contributed by atoms with Gasteiger partial charge in [0, 0.05) is 49.7 Å². The molecule has 1 aliphatic rings. The number of aliphatic hydroxyl groups is 1. The smallest absolute Gasteiger partial charge is 0.120 e. The summed E-state index contributed by atoms with van der Waals surface area (Å²) < 4.78 is 8.21. The third-order valence-corrected chi connectivity index (χ3v) is 5.35. The standard InChI is InChI=1S/C23H32N2O2/c1-4-5-14-27-21-6-7-23-22(15-21)19(17-25(23)13-8-18(2)3)16-24-11-9-20(26)10-12-24/h1,6-7,15,17-18,20,26H,5,8-14,16H2,2-3H3. The Kier molecular flexibility index (Phi) is 6.82. The summed E-state index contributed by atoms with van der Waals surface area (Å²) in [7, 11) is 0. The molecule has 0 bridgehead atoms. The van der Waals surface area contributed by atoms with Crippen molar-refractivity contribution >= 4 is 10.9 Å². The highest BCUT2D eigenvalue weighted by Crippen LogP contribution is 2.28. The number of fused-ring (bicyclic) bond motifs is 1. The van der Waals surface area contributed by atoms with E-state index in [1.54, 1.807) is 0 Å².